The monoisotopic (exact) mass is 392 g/mol. The summed E-state index contributed by atoms with van der Waals surface area (Å²) in [4.78, 5) is 18.0. The van der Waals surface area contributed by atoms with E-state index < -0.39 is 9.84 Å². The second-order valence-corrected chi connectivity index (χ2v) is 10.3. The number of likely N-dealkylation sites (N-methyl/N-ethyl adjacent to an activating group) is 1. The molecular weight excluding hydrogens is 360 g/mol. The fourth-order valence-corrected chi connectivity index (χ4v) is 5.38. The lowest BCUT2D eigenvalue weighted by Gasteiger charge is -2.41. The van der Waals surface area contributed by atoms with Crippen molar-refractivity contribution in [3.05, 3.63) is 29.8 Å². The summed E-state index contributed by atoms with van der Waals surface area (Å²) in [6.07, 6.45) is 8.52. The molecule has 1 amide bonds. The number of hydrogen-bond donors (Lipinski definition) is 0. The average Bonchev–Trinajstić information content (AvgIpc) is 3.00. The minimum absolute atomic E-state index is 0.0239. The molecule has 150 valence electrons. The highest BCUT2D eigenvalue weighted by Gasteiger charge is 2.48. The van der Waals surface area contributed by atoms with Crippen molar-refractivity contribution in [2.75, 3.05) is 26.4 Å². The Morgan fingerprint density at radius 1 is 1.19 bits per heavy atom. The van der Waals surface area contributed by atoms with Crippen LogP contribution in [0.4, 0.5) is 0 Å². The molecule has 1 aromatic carbocycles. The zero-order chi connectivity index (χ0) is 19.7. The Labute approximate surface area is 163 Å². The van der Waals surface area contributed by atoms with Gasteiger partial charge in [-0.3, -0.25) is 4.79 Å². The minimum atomic E-state index is -3.21. The Morgan fingerprint density at radius 3 is 2.37 bits per heavy atom. The molecule has 2 aliphatic rings. The molecule has 5 nitrogen and oxygen atoms in total. The Morgan fingerprint density at radius 2 is 1.81 bits per heavy atom. The summed E-state index contributed by atoms with van der Waals surface area (Å²) in [6.45, 7) is 3.97. The largest absolute Gasteiger partial charge is 0.335 e. The Balaban J connectivity index is 1.77. The summed E-state index contributed by atoms with van der Waals surface area (Å²) in [5, 5.41) is 0. The molecule has 0 radical (unpaired) electrons. The van der Waals surface area contributed by atoms with Crippen LogP contribution >= 0.6 is 0 Å². The van der Waals surface area contributed by atoms with Crippen molar-refractivity contribution < 1.29 is 13.2 Å². The maximum absolute atomic E-state index is 13.2. The highest BCUT2D eigenvalue weighted by Crippen LogP contribution is 2.43. The van der Waals surface area contributed by atoms with Crippen molar-refractivity contribution in [3.63, 3.8) is 0 Å². The second kappa shape index (κ2) is 7.92. The lowest BCUT2D eigenvalue weighted by Crippen LogP contribution is -2.49. The third-order valence-electron chi connectivity index (χ3n) is 6.50. The van der Waals surface area contributed by atoms with E-state index in [0.717, 1.165) is 37.9 Å². The van der Waals surface area contributed by atoms with Gasteiger partial charge in [-0.05, 0) is 50.6 Å². The number of sulfone groups is 1. The predicted molar refractivity (Wildman–Crippen MR) is 107 cm³/mol. The topological polar surface area (TPSA) is 57.7 Å². The molecule has 1 saturated heterocycles. The van der Waals surface area contributed by atoms with Gasteiger partial charge in [0.2, 0.25) is 5.91 Å². The molecule has 6 heteroatoms. The Hall–Kier alpha value is -1.40. The van der Waals surface area contributed by atoms with Crippen LogP contribution in [0.25, 0.3) is 0 Å². The molecule has 1 atom stereocenters. The molecule has 1 spiro atoms. The van der Waals surface area contributed by atoms with Gasteiger partial charge in [-0.1, -0.05) is 38.3 Å². The van der Waals surface area contributed by atoms with E-state index in [4.69, 9.17) is 0 Å². The molecule has 1 aliphatic carbocycles. The smallest absolute Gasteiger partial charge is 0.227 e. The molecule has 1 heterocycles. The summed E-state index contributed by atoms with van der Waals surface area (Å²) in [7, 11) is -1.05. The first-order chi connectivity index (χ1) is 12.7. The fraction of sp³-hybridized carbons (Fsp3) is 0.667. The Bertz CT molecular complexity index is 767. The van der Waals surface area contributed by atoms with Crippen LogP contribution in [0.15, 0.2) is 29.2 Å². The first-order valence-electron chi connectivity index (χ1n) is 10.0. The van der Waals surface area contributed by atoms with Gasteiger partial charge >= 0.3 is 0 Å². The van der Waals surface area contributed by atoms with Crippen molar-refractivity contribution in [2.24, 2.45) is 0 Å². The maximum Gasteiger partial charge on any atom is 0.227 e. The van der Waals surface area contributed by atoms with Gasteiger partial charge in [0.15, 0.2) is 9.84 Å². The highest BCUT2D eigenvalue weighted by atomic mass is 32.2. The zero-order valence-electron chi connectivity index (χ0n) is 16.8. The van der Waals surface area contributed by atoms with E-state index in [1.807, 2.05) is 0 Å². The van der Waals surface area contributed by atoms with Gasteiger partial charge in [0.25, 0.3) is 0 Å². The third kappa shape index (κ3) is 4.37. The van der Waals surface area contributed by atoms with Crippen LogP contribution in [-0.4, -0.2) is 62.1 Å². The Kier molecular flexibility index (Phi) is 5.96. The van der Waals surface area contributed by atoms with Gasteiger partial charge in [-0.15, -0.1) is 0 Å². The van der Waals surface area contributed by atoms with Gasteiger partial charge in [-0.2, -0.15) is 0 Å². The zero-order valence-corrected chi connectivity index (χ0v) is 17.6. The molecule has 3 rings (SSSR count). The lowest BCUT2D eigenvalue weighted by molar-refractivity contribution is -0.135. The summed E-state index contributed by atoms with van der Waals surface area (Å²) >= 11 is 0. The highest BCUT2D eigenvalue weighted by molar-refractivity contribution is 7.90. The molecule has 1 aromatic rings. The molecular formula is C21H32N2O3S. The number of benzene rings is 1. The molecule has 0 bridgehead atoms. The number of rotatable bonds is 5. The van der Waals surface area contributed by atoms with Crippen LogP contribution in [0.5, 0.6) is 0 Å². The number of hydrogen-bond acceptors (Lipinski definition) is 4. The average molecular weight is 393 g/mol. The van der Waals surface area contributed by atoms with Gasteiger partial charge in [0, 0.05) is 24.4 Å². The summed E-state index contributed by atoms with van der Waals surface area (Å²) in [6, 6.07) is 7.18. The second-order valence-electron chi connectivity index (χ2n) is 8.31. The van der Waals surface area contributed by atoms with Crippen LogP contribution < -0.4 is 0 Å². The maximum atomic E-state index is 13.2. The van der Waals surface area contributed by atoms with Crippen LogP contribution in [-0.2, 0) is 21.1 Å². The SMILES string of the molecule is CCN(C)[C@H]1CN(C(=O)Cc2ccc(S(C)(=O)=O)cc2)C2(CCCCC2)C1. The number of carbonyl (C=O) groups is 1. The molecule has 0 N–H and O–H groups in total. The van der Waals surface area contributed by atoms with E-state index in [9.17, 15) is 13.2 Å². The van der Waals surface area contributed by atoms with Crippen LogP contribution in [0.1, 0.15) is 51.0 Å². The molecule has 1 aliphatic heterocycles. The lowest BCUT2D eigenvalue weighted by atomic mass is 9.79. The van der Waals surface area contributed by atoms with Crippen molar-refractivity contribution in [1.82, 2.24) is 9.80 Å². The number of amides is 1. The van der Waals surface area contributed by atoms with E-state index in [1.54, 1.807) is 24.3 Å². The molecule has 0 unspecified atom stereocenters. The van der Waals surface area contributed by atoms with E-state index in [2.05, 4.69) is 23.8 Å². The first-order valence-corrected chi connectivity index (χ1v) is 11.9. The number of likely N-dealkylation sites (tertiary alicyclic amines) is 1. The molecule has 27 heavy (non-hydrogen) atoms. The van der Waals surface area contributed by atoms with Crippen LogP contribution in [0.3, 0.4) is 0 Å². The minimum Gasteiger partial charge on any atom is -0.335 e. The standard InChI is InChI=1S/C21H32N2O3S/c1-4-22(2)18-15-21(12-6-5-7-13-21)23(16-18)20(24)14-17-8-10-19(11-9-17)27(3,25)26/h8-11,18H,4-7,12-16H2,1-3H3/t18-/m1/s1. The summed E-state index contributed by atoms with van der Waals surface area (Å²) in [5.74, 6) is 0.177. The number of carbonyl (C=O) groups excluding carboxylic acids is 1. The van der Waals surface area contributed by atoms with Crippen molar-refractivity contribution in [1.29, 1.82) is 0 Å². The van der Waals surface area contributed by atoms with Crippen LogP contribution in [0, 0.1) is 0 Å². The normalized spacial score (nSPS) is 22.5. The van der Waals surface area contributed by atoms with Crippen LogP contribution in [0.2, 0.25) is 0 Å². The van der Waals surface area contributed by atoms with Gasteiger partial charge in [0.05, 0.1) is 11.3 Å². The van der Waals surface area contributed by atoms with Gasteiger partial charge < -0.3 is 9.80 Å². The molecule has 1 saturated carbocycles. The van der Waals surface area contributed by atoms with E-state index in [1.165, 1.54) is 25.5 Å². The van der Waals surface area contributed by atoms with Crippen molar-refractivity contribution in [3.8, 4) is 0 Å². The fourth-order valence-electron chi connectivity index (χ4n) is 4.75. The predicted octanol–water partition coefficient (Wildman–Crippen LogP) is 2.89. The third-order valence-corrected chi connectivity index (χ3v) is 7.62. The van der Waals surface area contributed by atoms with Crippen molar-refractivity contribution >= 4 is 15.7 Å². The first kappa shape index (κ1) is 20.3. The summed E-state index contributed by atoms with van der Waals surface area (Å²) in [5.41, 5.74) is 0.904. The molecule has 0 aromatic heterocycles. The van der Waals surface area contributed by atoms with Gasteiger partial charge in [-0.25, -0.2) is 8.42 Å². The summed E-state index contributed by atoms with van der Waals surface area (Å²) < 4.78 is 23.3. The van der Waals surface area contributed by atoms with Crippen molar-refractivity contribution in [2.45, 2.75) is 68.3 Å². The van der Waals surface area contributed by atoms with E-state index in [0.29, 0.717) is 17.4 Å². The number of nitrogens with zero attached hydrogens (tertiary/aromatic N) is 2. The van der Waals surface area contributed by atoms with Gasteiger partial charge in [0.1, 0.15) is 0 Å². The van der Waals surface area contributed by atoms with E-state index in [-0.39, 0.29) is 11.4 Å². The molecule has 2 fully saturated rings. The van der Waals surface area contributed by atoms with E-state index >= 15 is 0 Å². The quantitative estimate of drug-likeness (QED) is 0.773.